The Labute approximate surface area is 59.8 Å². The molecular formula is C6H13I. The Balaban J connectivity index is 3.15. The highest BCUT2D eigenvalue weighted by atomic mass is 127. The Bertz CT molecular complexity index is 42.6. The average Bonchev–Trinajstić information content (AvgIpc) is 1.30. The van der Waals surface area contributed by atoms with Crippen LogP contribution in [0.4, 0.5) is 0 Å². The predicted octanol–water partition coefficient (Wildman–Crippen LogP) is 3.00. The number of halogens is 1. The van der Waals surface area contributed by atoms with Crippen molar-refractivity contribution in [3.8, 4) is 0 Å². The molecule has 0 rings (SSSR count). The fraction of sp³-hybridized carbons (Fsp3) is 1.00. The van der Waals surface area contributed by atoms with E-state index in [4.69, 9.17) is 0 Å². The van der Waals surface area contributed by atoms with E-state index in [9.17, 15) is 0 Å². The molecule has 0 saturated heterocycles. The number of hydrogen-bond donors (Lipinski definition) is 0. The lowest BCUT2D eigenvalue weighted by atomic mass is 10.1. The largest absolute Gasteiger partial charge is 0.0795 e. The summed E-state index contributed by atoms with van der Waals surface area (Å²) >= 11 is 2.48. The maximum atomic E-state index is 2.48. The van der Waals surface area contributed by atoms with Crippen molar-refractivity contribution in [3.05, 3.63) is 0 Å². The molecule has 7 heavy (non-hydrogen) atoms. The second-order valence-corrected chi connectivity index (χ2v) is 5.39. The first-order valence-corrected chi connectivity index (χ1v) is 3.83. The summed E-state index contributed by atoms with van der Waals surface area (Å²) in [6, 6.07) is 0. The van der Waals surface area contributed by atoms with E-state index in [1.807, 2.05) is 0 Å². The van der Waals surface area contributed by atoms with Gasteiger partial charge in [-0.1, -0.05) is 49.8 Å². The normalized spacial score (nSPS) is 12.0. The fourth-order valence-electron chi connectivity index (χ4n) is 0.594. The lowest BCUT2D eigenvalue weighted by Gasteiger charge is -2.12. The van der Waals surface area contributed by atoms with Crippen LogP contribution in [0, 0.1) is 0 Å². The molecule has 0 nitrogen and oxygen atoms in total. The van der Waals surface area contributed by atoms with Crippen molar-refractivity contribution >= 4 is 22.6 Å². The monoisotopic (exact) mass is 212 g/mol. The summed E-state index contributed by atoms with van der Waals surface area (Å²) in [5, 5.41) is 0. The first-order valence-electron chi connectivity index (χ1n) is 2.75. The van der Waals surface area contributed by atoms with Crippen LogP contribution >= 0.6 is 22.6 Å². The average molecular weight is 212 g/mol. The van der Waals surface area contributed by atoms with Gasteiger partial charge in [-0.2, -0.15) is 0 Å². The van der Waals surface area contributed by atoms with Crippen molar-refractivity contribution in [3.63, 3.8) is 0 Å². The van der Waals surface area contributed by atoms with Crippen molar-refractivity contribution in [2.45, 2.75) is 37.0 Å². The van der Waals surface area contributed by atoms with Crippen LogP contribution in [0.15, 0.2) is 0 Å². The molecule has 0 saturated carbocycles. The Morgan fingerprint density at radius 2 is 1.86 bits per heavy atom. The highest BCUT2D eigenvalue weighted by Gasteiger charge is 2.08. The van der Waals surface area contributed by atoms with Gasteiger partial charge in [-0.15, -0.1) is 0 Å². The second-order valence-electron chi connectivity index (χ2n) is 2.47. The summed E-state index contributed by atoms with van der Waals surface area (Å²) in [5.74, 6) is 0. The topological polar surface area (TPSA) is 0 Å². The van der Waals surface area contributed by atoms with Crippen molar-refractivity contribution in [2.75, 3.05) is 0 Å². The van der Waals surface area contributed by atoms with E-state index in [0.717, 1.165) is 0 Å². The molecule has 0 unspecified atom stereocenters. The summed E-state index contributed by atoms with van der Waals surface area (Å²) in [6.07, 6.45) is 2.63. The zero-order valence-electron chi connectivity index (χ0n) is 5.29. The lowest BCUT2D eigenvalue weighted by molar-refractivity contribution is 0.655. The van der Waals surface area contributed by atoms with Crippen LogP contribution in [-0.4, -0.2) is 3.42 Å². The third-order valence-electron chi connectivity index (χ3n) is 0.844. The van der Waals surface area contributed by atoms with Gasteiger partial charge in [0.25, 0.3) is 0 Å². The molecule has 0 aromatic carbocycles. The summed E-state index contributed by atoms with van der Waals surface area (Å²) in [7, 11) is 0. The maximum absolute atomic E-state index is 2.48. The van der Waals surface area contributed by atoms with Gasteiger partial charge in [-0.25, -0.2) is 0 Å². The standard InChI is InChI=1S/C6H13I/c1-4-5-6(2,3)7/h4-5H2,1-3H3. The summed E-state index contributed by atoms with van der Waals surface area (Å²) in [5.41, 5.74) is 0. The van der Waals surface area contributed by atoms with Gasteiger partial charge in [0.1, 0.15) is 0 Å². The SMILES string of the molecule is CCCC(C)(C)I. The molecule has 0 N–H and O–H groups in total. The van der Waals surface area contributed by atoms with Gasteiger partial charge in [0.15, 0.2) is 0 Å². The van der Waals surface area contributed by atoms with Crippen molar-refractivity contribution in [1.29, 1.82) is 0 Å². The Hall–Kier alpha value is 0.730. The number of rotatable bonds is 2. The van der Waals surface area contributed by atoms with Crippen LogP contribution in [0.1, 0.15) is 33.6 Å². The molecule has 0 radical (unpaired) electrons. The minimum atomic E-state index is 0.520. The molecule has 0 spiro atoms. The molecular weight excluding hydrogens is 199 g/mol. The van der Waals surface area contributed by atoms with Crippen LogP contribution in [-0.2, 0) is 0 Å². The molecule has 44 valence electrons. The van der Waals surface area contributed by atoms with E-state index in [1.165, 1.54) is 12.8 Å². The minimum Gasteiger partial charge on any atom is -0.0795 e. The van der Waals surface area contributed by atoms with Gasteiger partial charge >= 0.3 is 0 Å². The van der Waals surface area contributed by atoms with Crippen LogP contribution in [0.25, 0.3) is 0 Å². The molecule has 0 amide bonds. The Morgan fingerprint density at radius 1 is 1.43 bits per heavy atom. The van der Waals surface area contributed by atoms with E-state index < -0.39 is 0 Å². The molecule has 0 bridgehead atoms. The van der Waals surface area contributed by atoms with Crippen molar-refractivity contribution in [1.82, 2.24) is 0 Å². The molecule has 1 heteroatoms. The third kappa shape index (κ3) is 6.73. The maximum Gasteiger partial charge on any atom is 0.0166 e. The summed E-state index contributed by atoms with van der Waals surface area (Å²) < 4.78 is 0.520. The molecule has 0 atom stereocenters. The van der Waals surface area contributed by atoms with Crippen LogP contribution in [0.5, 0.6) is 0 Å². The first kappa shape index (κ1) is 7.73. The predicted molar refractivity (Wildman–Crippen MR) is 43.0 cm³/mol. The van der Waals surface area contributed by atoms with Crippen LogP contribution < -0.4 is 0 Å². The zero-order valence-corrected chi connectivity index (χ0v) is 7.45. The molecule has 0 aliphatic heterocycles. The van der Waals surface area contributed by atoms with Crippen molar-refractivity contribution in [2.24, 2.45) is 0 Å². The molecule has 0 aromatic heterocycles. The summed E-state index contributed by atoms with van der Waals surface area (Å²) in [4.78, 5) is 0. The molecule has 0 aliphatic rings. The Kier molecular flexibility index (Phi) is 3.20. The van der Waals surface area contributed by atoms with Gasteiger partial charge in [0.05, 0.1) is 0 Å². The minimum absolute atomic E-state index is 0.520. The summed E-state index contributed by atoms with van der Waals surface area (Å²) in [6.45, 7) is 6.74. The van der Waals surface area contributed by atoms with Gasteiger partial charge in [0, 0.05) is 3.42 Å². The lowest BCUT2D eigenvalue weighted by Crippen LogP contribution is -2.06. The van der Waals surface area contributed by atoms with E-state index >= 15 is 0 Å². The number of alkyl halides is 1. The van der Waals surface area contributed by atoms with Gasteiger partial charge < -0.3 is 0 Å². The first-order chi connectivity index (χ1) is 3.06. The molecule has 0 fully saturated rings. The van der Waals surface area contributed by atoms with Gasteiger partial charge in [0.2, 0.25) is 0 Å². The fourth-order valence-corrected chi connectivity index (χ4v) is 1.13. The van der Waals surface area contributed by atoms with E-state index in [0.29, 0.717) is 3.42 Å². The second kappa shape index (κ2) is 2.90. The van der Waals surface area contributed by atoms with E-state index in [2.05, 4.69) is 43.4 Å². The molecule has 0 aliphatic carbocycles. The highest BCUT2D eigenvalue weighted by molar-refractivity contribution is 14.1. The number of hydrogen-bond acceptors (Lipinski definition) is 0. The molecule has 0 heterocycles. The quantitative estimate of drug-likeness (QED) is 0.487. The van der Waals surface area contributed by atoms with E-state index in [1.54, 1.807) is 0 Å². The highest BCUT2D eigenvalue weighted by Crippen LogP contribution is 2.21. The van der Waals surface area contributed by atoms with Gasteiger partial charge in [-0.3, -0.25) is 0 Å². The zero-order chi connectivity index (χ0) is 5.91. The van der Waals surface area contributed by atoms with Crippen LogP contribution in [0.2, 0.25) is 0 Å². The third-order valence-corrected chi connectivity index (χ3v) is 1.38. The van der Waals surface area contributed by atoms with Crippen molar-refractivity contribution < 1.29 is 0 Å². The smallest absolute Gasteiger partial charge is 0.0166 e. The molecule has 0 aromatic rings. The Morgan fingerprint density at radius 3 is 1.86 bits per heavy atom. The van der Waals surface area contributed by atoms with Crippen LogP contribution in [0.3, 0.4) is 0 Å². The van der Waals surface area contributed by atoms with E-state index in [-0.39, 0.29) is 0 Å². The van der Waals surface area contributed by atoms with Gasteiger partial charge in [-0.05, 0) is 6.42 Å².